The molecule has 3 aromatic heterocycles. The van der Waals surface area contributed by atoms with Crippen LogP contribution in [-0.4, -0.2) is 35.1 Å². The van der Waals surface area contributed by atoms with Gasteiger partial charge in [0, 0.05) is 30.4 Å². The van der Waals surface area contributed by atoms with Gasteiger partial charge in [0.05, 0.1) is 11.6 Å². The van der Waals surface area contributed by atoms with E-state index >= 15 is 0 Å². The second kappa shape index (κ2) is 6.80. The topological polar surface area (TPSA) is 70.0 Å². The predicted octanol–water partition coefficient (Wildman–Crippen LogP) is 3.93. The van der Waals surface area contributed by atoms with Crippen molar-refractivity contribution in [2.24, 2.45) is 0 Å². The van der Waals surface area contributed by atoms with Crippen LogP contribution < -0.4 is 10.2 Å². The molecule has 6 nitrogen and oxygen atoms in total. The van der Waals surface area contributed by atoms with Gasteiger partial charge in [-0.05, 0) is 49.7 Å². The van der Waals surface area contributed by atoms with Gasteiger partial charge < -0.3 is 19.6 Å². The summed E-state index contributed by atoms with van der Waals surface area (Å²) < 4.78 is 5.59. The van der Waals surface area contributed by atoms with E-state index in [0.29, 0.717) is 0 Å². The number of piperidine rings is 1. The minimum Gasteiger partial charge on any atom is -0.464 e. The summed E-state index contributed by atoms with van der Waals surface area (Å²) in [6.07, 6.45) is 7.28. The van der Waals surface area contributed by atoms with Crippen LogP contribution in [0.4, 0.5) is 5.82 Å². The van der Waals surface area contributed by atoms with Crippen molar-refractivity contribution in [3.05, 3.63) is 66.8 Å². The molecule has 1 aliphatic rings. The lowest BCUT2D eigenvalue weighted by Crippen LogP contribution is -2.50. The summed E-state index contributed by atoms with van der Waals surface area (Å²) in [6, 6.07) is 14.7. The maximum absolute atomic E-state index is 5.59. The van der Waals surface area contributed by atoms with Gasteiger partial charge in [-0.3, -0.25) is 0 Å². The number of rotatable bonds is 4. The van der Waals surface area contributed by atoms with Crippen molar-refractivity contribution in [3.8, 4) is 11.3 Å². The molecule has 2 N–H and O–H groups in total. The molecule has 142 valence electrons. The van der Waals surface area contributed by atoms with Gasteiger partial charge in [-0.1, -0.05) is 18.2 Å². The van der Waals surface area contributed by atoms with Crippen LogP contribution in [0.25, 0.3) is 22.4 Å². The Bertz CT molecular complexity index is 1080. The zero-order valence-electron chi connectivity index (χ0n) is 15.9. The van der Waals surface area contributed by atoms with Crippen LogP contribution in [0, 0.1) is 0 Å². The second-order valence-corrected chi connectivity index (χ2v) is 7.31. The molecule has 1 aliphatic heterocycles. The Kier molecular flexibility index (Phi) is 4.13. The molecule has 0 spiro atoms. The SMILES string of the molecule is CNC1(c2cccc(-c3ccco3)c2)CCN(c2ncnc3[nH]ccc23)CC1. The van der Waals surface area contributed by atoms with E-state index in [0.717, 1.165) is 54.1 Å². The molecule has 0 amide bonds. The van der Waals surface area contributed by atoms with E-state index in [4.69, 9.17) is 4.42 Å². The van der Waals surface area contributed by atoms with E-state index in [9.17, 15) is 0 Å². The van der Waals surface area contributed by atoms with E-state index in [1.807, 2.05) is 18.3 Å². The number of nitrogens with zero attached hydrogens (tertiary/aromatic N) is 3. The lowest BCUT2D eigenvalue weighted by molar-refractivity contribution is 0.282. The second-order valence-electron chi connectivity index (χ2n) is 7.31. The number of furan rings is 1. The maximum Gasteiger partial charge on any atom is 0.142 e. The Morgan fingerprint density at radius 1 is 1.11 bits per heavy atom. The number of fused-ring (bicyclic) bond motifs is 1. The quantitative estimate of drug-likeness (QED) is 0.567. The Balaban J connectivity index is 1.42. The summed E-state index contributed by atoms with van der Waals surface area (Å²) in [7, 11) is 2.06. The number of aromatic nitrogens is 3. The summed E-state index contributed by atoms with van der Waals surface area (Å²) >= 11 is 0. The highest BCUT2D eigenvalue weighted by Crippen LogP contribution is 2.36. The van der Waals surface area contributed by atoms with Crippen molar-refractivity contribution in [1.29, 1.82) is 0 Å². The normalized spacial score (nSPS) is 16.5. The van der Waals surface area contributed by atoms with Crippen LogP contribution in [0.1, 0.15) is 18.4 Å². The molecule has 0 atom stereocenters. The number of hydrogen-bond donors (Lipinski definition) is 2. The third kappa shape index (κ3) is 2.77. The molecule has 4 heterocycles. The van der Waals surface area contributed by atoms with Crippen molar-refractivity contribution >= 4 is 16.9 Å². The van der Waals surface area contributed by atoms with Gasteiger partial charge >= 0.3 is 0 Å². The lowest BCUT2D eigenvalue weighted by Gasteiger charge is -2.43. The summed E-state index contributed by atoms with van der Waals surface area (Å²) in [4.78, 5) is 14.4. The fourth-order valence-corrected chi connectivity index (χ4v) is 4.31. The van der Waals surface area contributed by atoms with Gasteiger partial charge in [-0.2, -0.15) is 0 Å². The maximum atomic E-state index is 5.59. The third-order valence-corrected chi connectivity index (χ3v) is 5.95. The number of benzene rings is 1. The van der Waals surface area contributed by atoms with Crippen molar-refractivity contribution in [2.75, 3.05) is 25.0 Å². The fourth-order valence-electron chi connectivity index (χ4n) is 4.31. The van der Waals surface area contributed by atoms with Crippen LogP contribution in [0.5, 0.6) is 0 Å². The first-order chi connectivity index (χ1) is 13.8. The molecule has 0 aliphatic carbocycles. The molecule has 0 unspecified atom stereocenters. The Morgan fingerprint density at radius 3 is 2.79 bits per heavy atom. The third-order valence-electron chi connectivity index (χ3n) is 5.95. The highest BCUT2D eigenvalue weighted by atomic mass is 16.3. The number of aromatic amines is 1. The monoisotopic (exact) mass is 373 g/mol. The zero-order chi connectivity index (χ0) is 19.0. The molecule has 0 saturated carbocycles. The summed E-state index contributed by atoms with van der Waals surface area (Å²) in [6.45, 7) is 1.87. The van der Waals surface area contributed by atoms with Crippen LogP contribution in [0.3, 0.4) is 0 Å². The molecule has 6 heteroatoms. The summed E-state index contributed by atoms with van der Waals surface area (Å²) in [5.74, 6) is 1.92. The Hall–Kier alpha value is -3.12. The zero-order valence-corrected chi connectivity index (χ0v) is 15.9. The van der Waals surface area contributed by atoms with Crippen LogP contribution >= 0.6 is 0 Å². The average molecular weight is 373 g/mol. The van der Waals surface area contributed by atoms with Crippen molar-refractivity contribution in [2.45, 2.75) is 18.4 Å². The van der Waals surface area contributed by atoms with Crippen molar-refractivity contribution in [3.63, 3.8) is 0 Å². The van der Waals surface area contributed by atoms with E-state index in [2.05, 4.69) is 62.5 Å². The van der Waals surface area contributed by atoms with Crippen molar-refractivity contribution in [1.82, 2.24) is 20.3 Å². The van der Waals surface area contributed by atoms with Gasteiger partial charge in [-0.25, -0.2) is 9.97 Å². The van der Waals surface area contributed by atoms with Crippen LogP contribution in [0.15, 0.2) is 65.7 Å². The van der Waals surface area contributed by atoms with Gasteiger partial charge in [0.2, 0.25) is 0 Å². The predicted molar refractivity (Wildman–Crippen MR) is 110 cm³/mol. The largest absolute Gasteiger partial charge is 0.464 e. The Labute approximate surface area is 163 Å². The smallest absolute Gasteiger partial charge is 0.142 e. The standard InChI is InChI=1S/C22H23N5O/c1-23-22(17-5-2-4-16(14-17)19-6-3-13-28-19)8-11-27(12-9-22)21-18-7-10-24-20(18)25-15-26-21/h2-7,10,13-15,23H,8-9,11-12H2,1H3,(H,24,25,26). The molecule has 1 fully saturated rings. The minimum absolute atomic E-state index is 0.0522. The molecule has 0 bridgehead atoms. The molecule has 4 aromatic rings. The molecule has 1 aromatic carbocycles. The molecular formula is C22H23N5O. The molecule has 0 radical (unpaired) electrons. The number of nitrogens with one attached hydrogen (secondary N) is 2. The van der Waals surface area contributed by atoms with Crippen LogP contribution in [0.2, 0.25) is 0 Å². The van der Waals surface area contributed by atoms with E-state index in [-0.39, 0.29) is 5.54 Å². The Morgan fingerprint density at radius 2 is 2.00 bits per heavy atom. The van der Waals surface area contributed by atoms with E-state index < -0.39 is 0 Å². The van der Waals surface area contributed by atoms with E-state index in [1.54, 1.807) is 12.6 Å². The molecule has 1 saturated heterocycles. The summed E-state index contributed by atoms with van der Waals surface area (Å²) in [5, 5.41) is 4.70. The van der Waals surface area contributed by atoms with E-state index in [1.165, 1.54) is 5.56 Å². The first-order valence-electron chi connectivity index (χ1n) is 9.65. The molecule has 5 rings (SSSR count). The molecular weight excluding hydrogens is 350 g/mol. The number of anilines is 1. The van der Waals surface area contributed by atoms with Crippen molar-refractivity contribution < 1.29 is 4.42 Å². The average Bonchev–Trinajstić information content (AvgIpc) is 3.46. The first kappa shape index (κ1) is 17.0. The minimum atomic E-state index is -0.0522. The summed E-state index contributed by atoms with van der Waals surface area (Å²) in [5.41, 5.74) is 3.26. The first-order valence-corrected chi connectivity index (χ1v) is 9.65. The van der Waals surface area contributed by atoms with Gasteiger partial charge in [0.1, 0.15) is 23.6 Å². The fraction of sp³-hybridized carbons (Fsp3) is 0.273. The van der Waals surface area contributed by atoms with Gasteiger partial charge in [-0.15, -0.1) is 0 Å². The molecule has 28 heavy (non-hydrogen) atoms. The van der Waals surface area contributed by atoms with Gasteiger partial charge in [0.15, 0.2) is 0 Å². The number of hydrogen-bond acceptors (Lipinski definition) is 5. The van der Waals surface area contributed by atoms with Crippen LogP contribution in [-0.2, 0) is 5.54 Å². The van der Waals surface area contributed by atoms with Gasteiger partial charge in [0.25, 0.3) is 0 Å². The highest BCUT2D eigenvalue weighted by Gasteiger charge is 2.35. The highest BCUT2D eigenvalue weighted by molar-refractivity contribution is 5.87. The lowest BCUT2D eigenvalue weighted by atomic mass is 9.80. The number of H-pyrrole nitrogens is 1.